The van der Waals surface area contributed by atoms with Crippen molar-refractivity contribution in [2.75, 3.05) is 26.2 Å². The minimum atomic E-state index is -0.0614. The number of Topliss-reactive ketones (excluding diaryl/α,β-unsaturated/α-hetero) is 1. The van der Waals surface area contributed by atoms with Gasteiger partial charge in [0.25, 0.3) is 0 Å². The average molecular weight is 684 g/mol. The molecular weight excluding hydrogens is 602 g/mol. The Bertz CT molecular complexity index is 763. The number of ketones is 1. The summed E-state index contributed by atoms with van der Waals surface area (Å²) in [6, 6.07) is 0. The summed E-state index contributed by atoms with van der Waals surface area (Å²) in [5, 5.41) is 0. The van der Waals surface area contributed by atoms with E-state index in [4.69, 9.17) is 4.74 Å². The van der Waals surface area contributed by atoms with Gasteiger partial charge in [0.05, 0.1) is 0 Å². The Morgan fingerprint density at radius 2 is 0.837 bits per heavy atom. The van der Waals surface area contributed by atoms with Crippen molar-refractivity contribution in [3.05, 3.63) is 48.6 Å². The molecule has 284 valence electrons. The van der Waals surface area contributed by atoms with Crippen molar-refractivity contribution in [3.63, 3.8) is 0 Å². The minimum Gasteiger partial charge on any atom is -0.464 e. The molecule has 0 rings (SSSR count). The largest absolute Gasteiger partial charge is 0.464 e. The predicted molar refractivity (Wildman–Crippen MR) is 215 cm³/mol. The van der Waals surface area contributed by atoms with Gasteiger partial charge in [-0.1, -0.05) is 140 Å². The highest BCUT2D eigenvalue weighted by Crippen LogP contribution is 2.11. The summed E-state index contributed by atoms with van der Waals surface area (Å²) < 4.78 is 5.57. The van der Waals surface area contributed by atoms with Crippen molar-refractivity contribution in [1.82, 2.24) is 4.90 Å². The summed E-state index contributed by atoms with van der Waals surface area (Å²) in [5.74, 6) is 0.346. The molecule has 0 aliphatic heterocycles. The fourth-order valence-corrected chi connectivity index (χ4v) is 5.92. The van der Waals surface area contributed by atoms with Crippen LogP contribution < -0.4 is 0 Å². The van der Waals surface area contributed by atoms with Gasteiger partial charge in [-0.15, -0.1) is 0 Å². The van der Waals surface area contributed by atoms with E-state index in [0.29, 0.717) is 25.2 Å². The van der Waals surface area contributed by atoms with E-state index in [2.05, 4.69) is 74.3 Å². The second kappa shape index (κ2) is 40.5. The fourth-order valence-electron chi connectivity index (χ4n) is 5.92. The second-order valence-electron chi connectivity index (χ2n) is 14.0. The maximum absolute atomic E-state index is 12.4. The van der Waals surface area contributed by atoms with Gasteiger partial charge in [-0.2, -0.15) is 0 Å². The van der Waals surface area contributed by atoms with E-state index in [-0.39, 0.29) is 5.97 Å². The first-order valence-electron chi connectivity index (χ1n) is 21.1. The molecule has 0 aliphatic rings. The molecule has 49 heavy (non-hydrogen) atoms. The van der Waals surface area contributed by atoms with Gasteiger partial charge in [-0.05, 0) is 103 Å². The van der Waals surface area contributed by atoms with Crippen LogP contribution in [0, 0.1) is 0 Å². The molecular formula is C45H81NO3. The molecule has 0 saturated heterocycles. The highest BCUT2D eigenvalue weighted by molar-refractivity contribution is 5.78. The zero-order chi connectivity index (χ0) is 35.7. The maximum atomic E-state index is 12.4. The lowest BCUT2D eigenvalue weighted by atomic mass is 10.0. The van der Waals surface area contributed by atoms with Gasteiger partial charge in [-0.25, -0.2) is 0 Å². The molecule has 0 saturated carbocycles. The van der Waals surface area contributed by atoms with Crippen molar-refractivity contribution in [2.45, 2.75) is 201 Å². The van der Waals surface area contributed by atoms with Gasteiger partial charge in [0.2, 0.25) is 0 Å². The van der Waals surface area contributed by atoms with Crippen LogP contribution in [0.1, 0.15) is 201 Å². The number of ether oxygens (including phenoxy) is 1. The highest BCUT2D eigenvalue weighted by Gasteiger charge is 2.09. The Balaban J connectivity index is 3.77. The van der Waals surface area contributed by atoms with Crippen LogP contribution >= 0.6 is 0 Å². The summed E-state index contributed by atoms with van der Waals surface area (Å²) in [7, 11) is 0. The number of hydrogen-bond acceptors (Lipinski definition) is 4. The van der Waals surface area contributed by atoms with Crippen LogP contribution in [-0.4, -0.2) is 42.9 Å². The monoisotopic (exact) mass is 684 g/mol. The molecule has 4 heteroatoms. The molecule has 0 aromatic heterocycles. The number of nitrogens with zero attached hydrogens (tertiary/aromatic N) is 1. The third kappa shape index (κ3) is 38.7. The number of carbonyl (C=O) groups is 2. The Hall–Kier alpha value is -1.94. The number of carbonyl (C=O) groups excluding carboxylic acids is 2. The molecule has 0 aliphatic carbocycles. The zero-order valence-electron chi connectivity index (χ0n) is 32.9. The van der Waals surface area contributed by atoms with Crippen LogP contribution in [-0.2, 0) is 14.3 Å². The van der Waals surface area contributed by atoms with Crippen LogP contribution in [0.2, 0.25) is 0 Å². The van der Waals surface area contributed by atoms with E-state index in [1.54, 1.807) is 0 Å². The molecule has 0 fully saturated rings. The van der Waals surface area contributed by atoms with Crippen molar-refractivity contribution in [2.24, 2.45) is 0 Å². The molecule has 0 spiro atoms. The number of rotatable bonds is 38. The molecule has 0 amide bonds. The molecule has 0 aromatic rings. The normalized spacial score (nSPS) is 12.2. The van der Waals surface area contributed by atoms with Crippen LogP contribution in [0.25, 0.3) is 0 Å². The minimum absolute atomic E-state index is 0.0614. The van der Waals surface area contributed by atoms with Gasteiger partial charge in [0, 0.05) is 25.8 Å². The number of hydrogen-bond donors (Lipinski definition) is 0. The van der Waals surface area contributed by atoms with Crippen LogP contribution in [0.3, 0.4) is 0 Å². The van der Waals surface area contributed by atoms with Gasteiger partial charge >= 0.3 is 5.97 Å². The molecule has 0 bridgehead atoms. The van der Waals surface area contributed by atoms with Gasteiger partial charge in [0.15, 0.2) is 0 Å². The third-order valence-electron chi connectivity index (χ3n) is 9.17. The van der Waals surface area contributed by atoms with E-state index in [0.717, 1.165) is 83.8 Å². The fraction of sp³-hybridized carbons (Fsp3) is 0.778. The third-order valence-corrected chi connectivity index (χ3v) is 9.17. The summed E-state index contributed by atoms with van der Waals surface area (Å²) in [5.41, 5.74) is 0. The zero-order valence-corrected chi connectivity index (χ0v) is 32.9. The molecule has 4 nitrogen and oxygen atoms in total. The number of esters is 1. The van der Waals surface area contributed by atoms with Crippen LogP contribution in [0.4, 0.5) is 0 Å². The SMILES string of the molecule is CCCCC/C=C\C/C=C\CCCCCCCC(=O)CCCN(CCCC)CCOC(=O)CCCCCCC/C=C\C/C=C\CCCCC. The van der Waals surface area contributed by atoms with Gasteiger partial charge < -0.3 is 4.74 Å². The first kappa shape index (κ1) is 47.1. The van der Waals surface area contributed by atoms with Crippen LogP contribution in [0.15, 0.2) is 48.6 Å². The first-order chi connectivity index (χ1) is 24.1. The Morgan fingerprint density at radius 3 is 1.35 bits per heavy atom. The smallest absolute Gasteiger partial charge is 0.305 e. The lowest BCUT2D eigenvalue weighted by Gasteiger charge is -2.21. The summed E-state index contributed by atoms with van der Waals surface area (Å²) in [6.07, 6.45) is 50.0. The van der Waals surface area contributed by atoms with Crippen molar-refractivity contribution in [1.29, 1.82) is 0 Å². The van der Waals surface area contributed by atoms with Crippen molar-refractivity contribution >= 4 is 11.8 Å². The molecule has 0 heterocycles. The van der Waals surface area contributed by atoms with E-state index in [1.165, 1.54) is 103 Å². The van der Waals surface area contributed by atoms with E-state index < -0.39 is 0 Å². The van der Waals surface area contributed by atoms with E-state index in [9.17, 15) is 9.59 Å². The lowest BCUT2D eigenvalue weighted by molar-refractivity contribution is -0.144. The quantitative estimate of drug-likeness (QED) is 0.0369. The Kier molecular flexibility index (Phi) is 38.9. The number of allylic oxidation sites excluding steroid dienone is 8. The highest BCUT2D eigenvalue weighted by atomic mass is 16.5. The predicted octanol–water partition coefficient (Wildman–Crippen LogP) is 13.6. The molecule has 0 N–H and O–H groups in total. The maximum Gasteiger partial charge on any atom is 0.305 e. The number of unbranched alkanes of at least 4 members (excludes halogenated alkanes) is 17. The molecule has 0 aromatic carbocycles. The molecule has 0 atom stereocenters. The van der Waals surface area contributed by atoms with Gasteiger partial charge in [-0.3, -0.25) is 14.5 Å². The van der Waals surface area contributed by atoms with Gasteiger partial charge in [0.1, 0.15) is 12.4 Å². The average Bonchev–Trinajstić information content (AvgIpc) is 3.10. The summed E-state index contributed by atoms with van der Waals surface area (Å²) in [6.45, 7) is 9.86. The topological polar surface area (TPSA) is 46.6 Å². The standard InChI is InChI=1S/C45H81NO3/c1-4-7-10-12-14-16-18-20-22-24-26-28-30-32-34-37-44(47)38-36-41-46(40-9-6-3)42-43-49-45(48)39-35-33-31-29-27-25-23-21-19-17-15-13-11-8-5-2/h14-17,20-23H,4-13,18-19,24-43H2,1-3H3/b16-14-,17-15-,22-20-,23-21-. The van der Waals surface area contributed by atoms with Crippen LogP contribution in [0.5, 0.6) is 0 Å². The summed E-state index contributed by atoms with van der Waals surface area (Å²) >= 11 is 0. The van der Waals surface area contributed by atoms with E-state index >= 15 is 0 Å². The molecule has 0 unspecified atom stereocenters. The lowest BCUT2D eigenvalue weighted by Crippen LogP contribution is -2.30. The molecule has 0 radical (unpaired) electrons. The Morgan fingerprint density at radius 1 is 0.429 bits per heavy atom. The van der Waals surface area contributed by atoms with Crippen molar-refractivity contribution in [3.8, 4) is 0 Å². The summed E-state index contributed by atoms with van der Waals surface area (Å²) in [4.78, 5) is 27.1. The second-order valence-corrected chi connectivity index (χ2v) is 14.0. The van der Waals surface area contributed by atoms with E-state index in [1.807, 2.05) is 0 Å². The Labute approximate surface area is 305 Å². The van der Waals surface area contributed by atoms with Crippen molar-refractivity contribution < 1.29 is 14.3 Å². The first-order valence-corrected chi connectivity index (χ1v) is 21.1.